The third-order valence-electron chi connectivity index (χ3n) is 3.74. The lowest BCUT2D eigenvalue weighted by Crippen LogP contribution is -1.93. The molecule has 1 aromatic carbocycles. The van der Waals surface area contributed by atoms with Gasteiger partial charge in [0.1, 0.15) is 11.4 Å². The highest BCUT2D eigenvalue weighted by Crippen LogP contribution is 2.29. The molecule has 1 N–H and O–H groups in total. The molecule has 0 unspecified atom stereocenters. The molecule has 0 aliphatic rings. The first kappa shape index (κ1) is 15.6. The highest BCUT2D eigenvalue weighted by atomic mass is 32.1. The number of benzene rings is 1. The van der Waals surface area contributed by atoms with Crippen LogP contribution in [0.2, 0.25) is 0 Å². The molecule has 0 radical (unpaired) electrons. The Labute approximate surface area is 149 Å². The maximum absolute atomic E-state index is 5.46. The number of nitrogens with one attached hydrogen (secondary N) is 1. The minimum Gasteiger partial charge on any atom is -0.494 e. The predicted octanol–water partition coefficient (Wildman–Crippen LogP) is 4.30. The summed E-state index contributed by atoms with van der Waals surface area (Å²) in [5, 5.41) is 6.19. The van der Waals surface area contributed by atoms with Crippen molar-refractivity contribution >= 4 is 27.9 Å². The van der Waals surface area contributed by atoms with E-state index in [1.54, 1.807) is 17.5 Å². The zero-order valence-electron chi connectivity index (χ0n) is 13.9. The lowest BCUT2D eigenvalue weighted by molar-refractivity contribution is 0.340. The topological polar surface area (TPSA) is 64.3 Å². The molecular formula is C18H17N5OS. The number of thiazole rings is 1. The van der Waals surface area contributed by atoms with E-state index in [0.717, 1.165) is 33.7 Å². The maximum Gasteiger partial charge on any atom is 0.234 e. The van der Waals surface area contributed by atoms with Gasteiger partial charge >= 0.3 is 0 Å². The maximum atomic E-state index is 5.46. The number of hydrogen-bond donors (Lipinski definition) is 1. The first-order chi connectivity index (χ1) is 12.2. The van der Waals surface area contributed by atoms with E-state index in [-0.39, 0.29) is 0 Å². The van der Waals surface area contributed by atoms with Crippen LogP contribution in [0.4, 0.5) is 10.8 Å². The predicted molar refractivity (Wildman–Crippen MR) is 99.7 cm³/mol. The van der Waals surface area contributed by atoms with Crippen LogP contribution in [0.15, 0.2) is 48.1 Å². The van der Waals surface area contributed by atoms with Gasteiger partial charge in [-0.3, -0.25) is 4.40 Å². The Bertz CT molecular complexity index is 1010. The van der Waals surface area contributed by atoms with Gasteiger partial charge < -0.3 is 10.1 Å². The number of hydrogen-bond acceptors (Lipinski definition) is 6. The van der Waals surface area contributed by atoms with E-state index in [2.05, 4.69) is 15.3 Å². The Morgan fingerprint density at radius 1 is 1.20 bits per heavy atom. The van der Waals surface area contributed by atoms with Crippen molar-refractivity contribution in [2.45, 2.75) is 13.8 Å². The molecule has 0 atom stereocenters. The van der Waals surface area contributed by atoms with E-state index in [1.807, 2.05) is 60.2 Å². The monoisotopic (exact) mass is 351 g/mol. The summed E-state index contributed by atoms with van der Waals surface area (Å²) in [6.45, 7) is 4.61. The number of aromatic nitrogens is 4. The standard InChI is InChI=1S/C18H17N5OS/c1-3-24-14-7-5-13(6-8-14)21-18-22-15(11-25-18)16-12(2)20-17-19-9-4-10-23(16)17/h4-11H,3H2,1-2H3,(H,21,22). The Morgan fingerprint density at radius 2 is 2.04 bits per heavy atom. The van der Waals surface area contributed by atoms with Crippen molar-refractivity contribution in [3.8, 4) is 17.1 Å². The molecule has 4 aromatic rings. The molecular weight excluding hydrogens is 334 g/mol. The van der Waals surface area contributed by atoms with Crippen LogP contribution in [0.1, 0.15) is 12.6 Å². The van der Waals surface area contributed by atoms with Crippen molar-refractivity contribution < 1.29 is 4.74 Å². The number of imidazole rings is 1. The number of anilines is 2. The number of rotatable bonds is 5. The fourth-order valence-corrected chi connectivity index (χ4v) is 3.39. The van der Waals surface area contributed by atoms with Gasteiger partial charge in [-0.25, -0.2) is 15.0 Å². The summed E-state index contributed by atoms with van der Waals surface area (Å²) in [4.78, 5) is 13.5. The summed E-state index contributed by atoms with van der Waals surface area (Å²) in [5.74, 6) is 1.55. The van der Waals surface area contributed by atoms with Gasteiger partial charge in [-0.1, -0.05) is 0 Å². The zero-order chi connectivity index (χ0) is 17.2. The first-order valence-electron chi connectivity index (χ1n) is 8.00. The Kier molecular flexibility index (Phi) is 4.07. The second-order valence-corrected chi connectivity index (χ2v) is 6.31. The number of nitrogens with zero attached hydrogens (tertiary/aromatic N) is 4. The number of fused-ring (bicyclic) bond motifs is 1. The molecule has 0 saturated heterocycles. The molecule has 6 nitrogen and oxygen atoms in total. The summed E-state index contributed by atoms with van der Waals surface area (Å²) in [5.41, 5.74) is 3.74. The summed E-state index contributed by atoms with van der Waals surface area (Å²) in [7, 11) is 0. The Balaban J connectivity index is 1.60. The molecule has 0 amide bonds. The van der Waals surface area contributed by atoms with Crippen molar-refractivity contribution in [3.05, 3.63) is 53.8 Å². The zero-order valence-corrected chi connectivity index (χ0v) is 14.7. The van der Waals surface area contributed by atoms with E-state index in [1.165, 1.54) is 0 Å². The van der Waals surface area contributed by atoms with Crippen LogP contribution in [0.5, 0.6) is 5.75 Å². The number of aryl methyl sites for hydroxylation is 1. The molecule has 0 aliphatic carbocycles. The molecule has 3 heterocycles. The van der Waals surface area contributed by atoms with Crippen LogP contribution < -0.4 is 10.1 Å². The van der Waals surface area contributed by atoms with E-state index in [9.17, 15) is 0 Å². The fraction of sp³-hybridized carbons (Fsp3) is 0.167. The Hall–Kier alpha value is -2.93. The summed E-state index contributed by atoms with van der Waals surface area (Å²) in [6.07, 6.45) is 3.70. The lowest BCUT2D eigenvalue weighted by atomic mass is 10.3. The van der Waals surface area contributed by atoms with Crippen molar-refractivity contribution in [2.75, 3.05) is 11.9 Å². The average Bonchev–Trinajstić information content (AvgIpc) is 3.19. The van der Waals surface area contributed by atoms with Gasteiger partial charge in [-0.2, -0.15) is 0 Å². The van der Waals surface area contributed by atoms with Crippen LogP contribution in [0.3, 0.4) is 0 Å². The largest absolute Gasteiger partial charge is 0.494 e. The molecule has 3 aromatic heterocycles. The SMILES string of the molecule is CCOc1ccc(Nc2nc(-c3c(C)nc4ncccn34)cs2)cc1. The third kappa shape index (κ3) is 3.06. The van der Waals surface area contributed by atoms with E-state index < -0.39 is 0 Å². The van der Waals surface area contributed by atoms with Gasteiger partial charge in [0.25, 0.3) is 0 Å². The van der Waals surface area contributed by atoms with Gasteiger partial charge in [-0.05, 0) is 44.2 Å². The van der Waals surface area contributed by atoms with Crippen molar-refractivity contribution in [3.63, 3.8) is 0 Å². The van der Waals surface area contributed by atoms with E-state index in [0.29, 0.717) is 12.4 Å². The fourth-order valence-electron chi connectivity index (χ4n) is 2.67. The van der Waals surface area contributed by atoms with Crippen LogP contribution in [-0.2, 0) is 0 Å². The second-order valence-electron chi connectivity index (χ2n) is 5.46. The van der Waals surface area contributed by atoms with Gasteiger partial charge in [0, 0.05) is 23.5 Å². The molecule has 0 spiro atoms. The van der Waals surface area contributed by atoms with Gasteiger partial charge in [-0.15, -0.1) is 11.3 Å². The van der Waals surface area contributed by atoms with Crippen molar-refractivity contribution in [2.24, 2.45) is 0 Å². The summed E-state index contributed by atoms with van der Waals surface area (Å²) in [6, 6.07) is 9.75. The molecule has 0 aliphatic heterocycles. The minimum atomic E-state index is 0.663. The molecule has 126 valence electrons. The highest BCUT2D eigenvalue weighted by Gasteiger charge is 2.14. The van der Waals surface area contributed by atoms with Crippen molar-refractivity contribution in [1.29, 1.82) is 0 Å². The van der Waals surface area contributed by atoms with Crippen LogP contribution in [0.25, 0.3) is 17.2 Å². The molecule has 25 heavy (non-hydrogen) atoms. The molecule has 0 fully saturated rings. The Morgan fingerprint density at radius 3 is 2.84 bits per heavy atom. The van der Waals surface area contributed by atoms with Gasteiger partial charge in [0.05, 0.1) is 18.0 Å². The van der Waals surface area contributed by atoms with E-state index in [4.69, 9.17) is 9.72 Å². The average molecular weight is 351 g/mol. The summed E-state index contributed by atoms with van der Waals surface area (Å²) >= 11 is 1.56. The second kappa shape index (κ2) is 6.52. The summed E-state index contributed by atoms with van der Waals surface area (Å²) < 4.78 is 7.43. The van der Waals surface area contributed by atoms with Gasteiger partial charge in [0.2, 0.25) is 5.78 Å². The number of ether oxygens (including phenoxy) is 1. The van der Waals surface area contributed by atoms with Crippen LogP contribution in [-0.4, -0.2) is 26.0 Å². The normalized spacial score (nSPS) is 11.0. The molecule has 4 rings (SSSR count). The van der Waals surface area contributed by atoms with Crippen molar-refractivity contribution in [1.82, 2.24) is 19.4 Å². The highest BCUT2D eigenvalue weighted by molar-refractivity contribution is 7.14. The quantitative estimate of drug-likeness (QED) is 0.581. The molecule has 0 saturated carbocycles. The van der Waals surface area contributed by atoms with Crippen LogP contribution >= 0.6 is 11.3 Å². The van der Waals surface area contributed by atoms with E-state index >= 15 is 0 Å². The smallest absolute Gasteiger partial charge is 0.234 e. The minimum absolute atomic E-state index is 0.663. The molecule has 0 bridgehead atoms. The lowest BCUT2D eigenvalue weighted by Gasteiger charge is -2.05. The van der Waals surface area contributed by atoms with Crippen LogP contribution in [0, 0.1) is 6.92 Å². The molecule has 7 heteroatoms. The third-order valence-corrected chi connectivity index (χ3v) is 4.50. The first-order valence-corrected chi connectivity index (χ1v) is 8.88. The van der Waals surface area contributed by atoms with Gasteiger partial charge in [0.15, 0.2) is 5.13 Å².